The van der Waals surface area contributed by atoms with Crippen LogP contribution in [0.1, 0.15) is 30.4 Å². The number of benzene rings is 2. The van der Waals surface area contributed by atoms with Crippen LogP contribution in [-0.4, -0.2) is 55.1 Å². The molecule has 0 spiro atoms. The molecule has 0 unspecified atom stereocenters. The zero-order valence-corrected chi connectivity index (χ0v) is 15.6. The van der Waals surface area contributed by atoms with Crippen LogP contribution in [0.3, 0.4) is 0 Å². The quantitative estimate of drug-likeness (QED) is 0.864. The number of likely N-dealkylation sites (N-methyl/N-ethyl adjacent to an activating group) is 1. The average Bonchev–Trinajstić information content (AvgIpc) is 2.72. The third kappa shape index (κ3) is 4.85. The van der Waals surface area contributed by atoms with E-state index in [-0.39, 0.29) is 6.03 Å². The molecule has 1 saturated heterocycles. The Balaban J connectivity index is 1.56. The normalized spacial score (nSPS) is 15.2. The van der Waals surface area contributed by atoms with E-state index in [1.165, 1.54) is 11.1 Å². The van der Waals surface area contributed by atoms with Gasteiger partial charge >= 0.3 is 6.03 Å². The maximum Gasteiger partial charge on any atom is 0.317 e. The fourth-order valence-corrected chi connectivity index (χ4v) is 3.60. The Kier molecular flexibility index (Phi) is 6.67. The summed E-state index contributed by atoms with van der Waals surface area (Å²) < 4.78 is 0. The molecule has 1 aliphatic heterocycles. The molecule has 138 valence electrons. The smallest absolute Gasteiger partial charge is 0.317 e. The molecule has 4 nitrogen and oxygen atoms in total. The van der Waals surface area contributed by atoms with Crippen LogP contribution >= 0.6 is 0 Å². The minimum absolute atomic E-state index is 0.0700. The fourth-order valence-electron chi connectivity index (χ4n) is 3.60. The van der Waals surface area contributed by atoms with E-state index >= 15 is 0 Å². The van der Waals surface area contributed by atoms with E-state index in [4.69, 9.17) is 0 Å². The molecule has 0 bridgehead atoms. The largest absolute Gasteiger partial charge is 0.338 e. The third-order valence-corrected chi connectivity index (χ3v) is 5.22. The summed E-state index contributed by atoms with van der Waals surface area (Å²) >= 11 is 0. The van der Waals surface area contributed by atoms with Crippen LogP contribution in [0.2, 0.25) is 0 Å². The number of nitrogens with zero attached hydrogens (tertiary/aromatic N) is 2. The second-order valence-electron chi connectivity index (χ2n) is 6.82. The van der Waals surface area contributed by atoms with E-state index in [1.54, 1.807) is 0 Å². The van der Waals surface area contributed by atoms with E-state index in [2.05, 4.69) is 65.7 Å². The van der Waals surface area contributed by atoms with Gasteiger partial charge in [0.15, 0.2) is 0 Å². The maximum absolute atomic E-state index is 12.4. The van der Waals surface area contributed by atoms with E-state index in [0.29, 0.717) is 12.5 Å². The highest BCUT2D eigenvalue weighted by Crippen LogP contribution is 2.27. The lowest BCUT2D eigenvalue weighted by Crippen LogP contribution is -2.51. The van der Waals surface area contributed by atoms with Crippen LogP contribution in [-0.2, 0) is 0 Å². The molecule has 2 amide bonds. The zero-order valence-electron chi connectivity index (χ0n) is 15.6. The summed E-state index contributed by atoms with van der Waals surface area (Å²) in [6.07, 6.45) is 0.898. The number of carbonyl (C=O) groups is 1. The Hall–Kier alpha value is -2.33. The van der Waals surface area contributed by atoms with Gasteiger partial charge in [0.1, 0.15) is 0 Å². The highest BCUT2D eigenvalue weighted by atomic mass is 16.2. The SMILES string of the molecule is CCN1CCN(C(=O)NCCC(c2ccccc2)c2ccccc2)CC1. The number of urea groups is 1. The van der Waals surface area contributed by atoms with Crippen LogP contribution in [0.4, 0.5) is 4.79 Å². The van der Waals surface area contributed by atoms with Crippen LogP contribution in [0.5, 0.6) is 0 Å². The van der Waals surface area contributed by atoms with Crippen molar-refractivity contribution in [2.45, 2.75) is 19.3 Å². The topological polar surface area (TPSA) is 35.6 Å². The van der Waals surface area contributed by atoms with Crippen molar-refractivity contribution in [3.63, 3.8) is 0 Å². The van der Waals surface area contributed by atoms with Crippen LogP contribution in [0.15, 0.2) is 60.7 Å². The Morgan fingerprint density at radius 2 is 1.46 bits per heavy atom. The molecular formula is C22H29N3O. The third-order valence-electron chi connectivity index (χ3n) is 5.22. The van der Waals surface area contributed by atoms with Gasteiger partial charge in [-0.2, -0.15) is 0 Å². The summed E-state index contributed by atoms with van der Waals surface area (Å²) in [6, 6.07) is 21.2. The van der Waals surface area contributed by atoms with Gasteiger partial charge in [0.05, 0.1) is 0 Å². The molecular weight excluding hydrogens is 322 g/mol. The van der Waals surface area contributed by atoms with E-state index in [1.807, 2.05) is 17.0 Å². The monoisotopic (exact) mass is 351 g/mol. The second-order valence-corrected chi connectivity index (χ2v) is 6.82. The first-order chi connectivity index (χ1) is 12.8. The summed E-state index contributed by atoms with van der Waals surface area (Å²) in [6.45, 7) is 7.50. The Morgan fingerprint density at radius 1 is 0.923 bits per heavy atom. The van der Waals surface area contributed by atoms with Gasteiger partial charge in [-0.3, -0.25) is 0 Å². The minimum Gasteiger partial charge on any atom is -0.338 e. The average molecular weight is 351 g/mol. The van der Waals surface area contributed by atoms with Crippen molar-refractivity contribution in [3.05, 3.63) is 71.8 Å². The standard InChI is InChI=1S/C22H29N3O/c1-2-24-15-17-25(18-16-24)22(26)23-14-13-21(19-9-5-3-6-10-19)20-11-7-4-8-12-20/h3-12,21H,2,13-18H2,1H3,(H,23,26). The van der Waals surface area contributed by atoms with Gasteiger partial charge in [-0.05, 0) is 24.1 Å². The Morgan fingerprint density at radius 3 is 1.96 bits per heavy atom. The Labute approximate surface area is 156 Å². The first kappa shape index (κ1) is 18.5. The molecule has 1 aliphatic rings. The molecule has 0 radical (unpaired) electrons. The lowest BCUT2D eigenvalue weighted by molar-refractivity contribution is 0.143. The molecule has 1 fully saturated rings. The molecule has 0 aromatic heterocycles. The van der Waals surface area contributed by atoms with Crippen LogP contribution in [0, 0.1) is 0 Å². The van der Waals surface area contributed by atoms with E-state index in [9.17, 15) is 4.79 Å². The van der Waals surface area contributed by atoms with Gasteiger partial charge in [0.25, 0.3) is 0 Å². The van der Waals surface area contributed by atoms with Crippen molar-refractivity contribution in [2.75, 3.05) is 39.3 Å². The molecule has 0 saturated carbocycles. The summed E-state index contributed by atoms with van der Waals surface area (Å²) in [5.41, 5.74) is 2.59. The number of hydrogen-bond donors (Lipinski definition) is 1. The van der Waals surface area contributed by atoms with Crippen LogP contribution < -0.4 is 5.32 Å². The fraction of sp³-hybridized carbons (Fsp3) is 0.409. The maximum atomic E-state index is 12.4. The van der Waals surface area contributed by atoms with E-state index < -0.39 is 0 Å². The van der Waals surface area contributed by atoms with Gasteiger partial charge in [0.2, 0.25) is 0 Å². The summed E-state index contributed by atoms with van der Waals surface area (Å²) in [4.78, 5) is 16.8. The van der Waals surface area contributed by atoms with Gasteiger partial charge in [-0.1, -0.05) is 67.6 Å². The van der Waals surface area contributed by atoms with Crippen molar-refractivity contribution in [1.29, 1.82) is 0 Å². The first-order valence-electron chi connectivity index (χ1n) is 9.63. The highest BCUT2D eigenvalue weighted by Gasteiger charge is 2.20. The van der Waals surface area contributed by atoms with Crippen molar-refractivity contribution in [3.8, 4) is 0 Å². The highest BCUT2D eigenvalue weighted by molar-refractivity contribution is 5.74. The van der Waals surface area contributed by atoms with Gasteiger partial charge in [0, 0.05) is 38.6 Å². The predicted molar refractivity (Wildman–Crippen MR) is 106 cm³/mol. The number of carbonyl (C=O) groups excluding carboxylic acids is 1. The van der Waals surface area contributed by atoms with Crippen molar-refractivity contribution in [2.24, 2.45) is 0 Å². The lowest BCUT2D eigenvalue weighted by Gasteiger charge is -2.34. The second kappa shape index (κ2) is 9.39. The molecule has 4 heteroatoms. The summed E-state index contributed by atoms with van der Waals surface area (Å²) in [5, 5.41) is 3.12. The predicted octanol–water partition coefficient (Wildman–Crippen LogP) is 3.56. The number of piperazine rings is 1. The number of nitrogens with one attached hydrogen (secondary N) is 1. The van der Waals surface area contributed by atoms with Gasteiger partial charge in [-0.25, -0.2) is 4.79 Å². The molecule has 3 rings (SSSR count). The van der Waals surface area contributed by atoms with Crippen molar-refractivity contribution >= 4 is 6.03 Å². The first-order valence-corrected chi connectivity index (χ1v) is 9.63. The molecule has 1 N–H and O–H groups in total. The number of amides is 2. The molecule has 0 aliphatic carbocycles. The summed E-state index contributed by atoms with van der Waals surface area (Å²) in [7, 11) is 0. The van der Waals surface area contributed by atoms with E-state index in [0.717, 1.165) is 39.1 Å². The van der Waals surface area contributed by atoms with Gasteiger partial charge < -0.3 is 15.1 Å². The number of rotatable bonds is 6. The van der Waals surface area contributed by atoms with Crippen LogP contribution in [0.25, 0.3) is 0 Å². The Bertz CT molecular complexity index is 627. The molecule has 26 heavy (non-hydrogen) atoms. The number of hydrogen-bond acceptors (Lipinski definition) is 2. The minimum atomic E-state index is 0.0700. The zero-order chi connectivity index (χ0) is 18.2. The summed E-state index contributed by atoms with van der Waals surface area (Å²) in [5.74, 6) is 0.301. The van der Waals surface area contributed by atoms with Gasteiger partial charge in [-0.15, -0.1) is 0 Å². The molecule has 0 atom stereocenters. The van der Waals surface area contributed by atoms with Crippen molar-refractivity contribution in [1.82, 2.24) is 15.1 Å². The lowest BCUT2D eigenvalue weighted by atomic mass is 9.88. The van der Waals surface area contributed by atoms with Crippen molar-refractivity contribution < 1.29 is 4.79 Å². The molecule has 1 heterocycles. The molecule has 2 aromatic rings. The molecule has 2 aromatic carbocycles.